The summed E-state index contributed by atoms with van der Waals surface area (Å²) >= 11 is 0. The second kappa shape index (κ2) is 32.5. The van der Waals surface area contributed by atoms with E-state index in [-0.39, 0.29) is 26.2 Å². The van der Waals surface area contributed by atoms with Gasteiger partial charge in [-0.15, -0.1) is 18.1 Å². The van der Waals surface area contributed by atoms with Crippen LogP contribution < -0.4 is 19.6 Å². The molecule has 16 nitrogen and oxygen atoms in total. The zero-order valence-electron chi connectivity index (χ0n) is 11.8. The van der Waals surface area contributed by atoms with E-state index < -0.39 is 60.2 Å². The number of hydrogen-bond donors (Lipinski definition) is 4. The fourth-order valence-electron chi connectivity index (χ4n) is 0.189. The Balaban J connectivity index is -0.0000000702. The van der Waals surface area contributed by atoms with E-state index in [1.807, 2.05) is 0 Å². The third-order valence-corrected chi connectivity index (χ3v) is 1.96. The van der Waals surface area contributed by atoms with Crippen molar-refractivity contribution >= 4 is 33.0 Å². The standard InChI is InChI=1S/4CH3O4P.Zr/c4*2-1-5-6(3)4;/h4*2H,1H2;/q;;;;+4. The van der Waals surface area contributed by atoms with E-state index in [2.05, 4.69) is 18.1 Å². The molecule has 0 aliphatic heterocycles. The van der Waals surface area contributed by atoms with Gasteiger partial charge in [0, 0.05) is 0 Å². The third kappa shape index (κ3) is 78.7. The third-order valence-electron chi connectivity index (χ3n) is 0.653. The Kier molecular flexibility index (Phi) is 47.6. The van der Waals surface area contributed by atoms with Gasteiger partial charge in [0.15, 0.2) is 27.2 Å². The molecule has 4 atom stereocenters. The van der Waals surface area contributed by atoms with Gasteiger partial charge in [-0.2, -0.15) is 0 Å². The molecular formula is C4H12O16P4Zr+4. The summed E-state index contributed by atoms with van der Waals surface area (Å²) in [5, 5.41) is 30.5. The van der Waals surface area contributed by atoms with Gasteiger partial charge in [0.1, 0.15) is 0 Å². The Morgan fingerprint density at radius 1 is 0.520 bits per heavy atom. The molecule has 0 saturated carbocycles. The first-order valence-electron chi connectivity index (χ1n) is 4.61. The summed E-state index contributed by atoms with van der Waals surface area (Å²) in [6, 6.07) is 0. The van der Waals surface area contributed by atoms with Gasteiger partial charge < -0.3 is 40.0 Å². The van der Waals surface area contributed by atoms with Crippen molar-refractivity contribution in [2.24, 2.45) is 0 Å². The normalized spacial score (nSPS) is 10.9. The Labute approximate surface area is 162 Å². The molecule has 0 aliphatic rings. The van der Waals surface area contributed by atoms with E-state index in [9.17, 15) is 37.8 Å². The Bertz CT molecular complexity index is 276. The number of aliphatic hydroxyl groups excluding tert-OH is 4. The topological polar surface area (TPSA) is 278 Å². The van der Waals surface area contributed by atoms with Crippen LogP contribution >= 0.6 is 33.0 Å². The molecule has 25 heavy (non-hydrogen) atoms. The molecule has 4 unspecified atom stereocenters. The molecular weight excluding hydrogens is 519 g/mol. The molecule has 0 spiro atoms. The minimum atomic E-state index is -2.85. The molecule has 0 aromatic carbocycles. The minimum absolute atomic E-state index is 0. The number of rotatable bonds is 8. The van der Waals surface area contributed by atoms with Gasteiger partial charge in [0.25, 0.3) is 0 Å². The zero-order valence-corrected chi connectivity index (χ0v) is 17.8. The Morgan fingerprint density at radius 3 is 0.640 bits per heavy atom. The summed E-state index contributed by atoms with van der Waals surface area (Å²) in [4.78, 5) is 37.0. The predicted octanol–water partition coefficient (Wildman–Crippen LogP) is -4.12. The summed E-state index contributed by atoms with van der Waals surface area (Å²) in [6.07, 6.45) is 0. The van der Waals surface area contributed by atoms with Crippen LogP contribution in [-0.4, -0.2) is 47.6 Å². The summed E-state index contributed by atoms with van der Waals surface area (Å²) in [6.45, 7) is -3.06. The van der Waals surface area contributed by atoms with Crippen molar-refractivity contribution in [2.45, 2.75) is 0 Å². The second-order valence-corrected chi connectivity index (χ2v) is 4.75. The van der Waals surface area contributed by atoms with Crippen LogP contribution in [0.15, 0.2) is 0 Å². The van der Waals surface area contributed by atoms with Crippen LogP contribution in [0.5, 0.6) is 0 Å². The summed E-state index contributed by atoms with van der Waals surface area (Å²) in [5.41, 5.74) is 0. The van der Waals surface area contributed by atoms with E-state index in [0.717, 1.165) is 0 Å². The maximum Gasteiger partial charge on any atom is 4.00 e. The maximum absolute atomic E-state index is 9.25. The Hall–Kier alpha value is 0.803. The van der Waals surface area contributed by atoms with Crippen LogP contribution in [-0.2, 0) is 62.6 Å². The first kappa shape index (κ1) is 36.7. The zero-order chi connectivity index (χ0) is 20.0. The van der Waals surface area contributed by atoms with Crippen molar-refractivity contribution in [2.75, 3.05) is 27.2 Å². The van der Waals surface area contributed by atoms with Gasteiger partial charge in [0.2, 0.25) is 0 Å². The van der Waals surface area contributed by atoms with Gasteiger partial charge in [-0.05, 0) is 18.3 Å². The molecule has 0 bridgehead atoms. The van der Waals surface area contributed by atoms with E-state index in [4.69, 9.17) is 20.4 Å². The van der Waals surface area contributed by atoms with Crippen LogP contribution in [0.1, 0.15) is 0 Å². The van der Waals surface area contributed by atoms with E-state index in [1.165, 1.54) is 0 Å². The summed E-state index contributed by atoms with van der Waals surface area (Å²) in [5.74, 6) is 0. The monoisotopic (exact) mass is 530 g/mol. The molecule has 144 valence electrons. The van der Waals surface area contributed by atoms with Gasteiger partial charge in [-0.1, -0.05) is 0 Å². The van der Waals surface area contributed by atoms with E-state index >= 15 is 0 Å². The summed E-state index contributed by atoms with van der Waals surface area (Å²) < 4.78 is 51.2. The molecule has 0 heterocycles. The molecule has 0 aliphatic carbocycles. The van der Waals surface area contributed by atoms with Gasteiger partial charge in [-0.25, -0.2) is 0 Å². The average Bonchev–Trinajstić information content (AvgIpc) is 2.39. The van der Waals surface area contributed by atoms with Gasteiger partial charge in [-0.3, -0.25) is 0 Å². The molecule has 4 N–H and O–H groups in total. The van der Waals surface area contributed by atoms with Crippen molar-refractivity contribution in [1.82, 2.24) is 0 Å². The van der Waals surface area contributed by atoms with Crippen molar-refractivity contribution in [3.05, 3.63) is 0 Å². The largest absolute Gasteiger partial charge is 4.00 e. The van der Waals surface area contributed by atoms with Crippen molar-refractivity contribution < 1.29 is 103 Å². The fraction of sp³-hybridized carbons (Fsp3) is 1.00. The number of aliphatic hydroxyl groups is 4. The second-order valence-electron chi connectivity index (χ2n) is 1.93. The fourth-order valence-corrected chi connectivity index (χ4v) is 0.566. The first-order valence-corrected chi connectivity index (χ1v) is 8.99. The minimum Gasteiger partial charge on any atom is -0.566 e. The number of hydrogen-bond acceptors (Lipinski definition) is 16. The van der Waals surface area contributed by atoms with Crippen molar-refractivity contribution in [3.63, 3.8) is 0 Å². The predicted molar refractivity (Wildman–Crippen MR) is 63.1 cm³/mol. The van der Waals surface area contributed by atoms with Crippen LogP contribution in [0, 0.1) is 0 Å². The molecule has 0 amide bonds. The SMILES string of the molecule is O=[P+]([O-])OCO.O=[P+]([O-])OCO.O=[P+]([O-])OCO.O=[P+]([O-])OCO.[Zr+4]. The van der Waals surface area contributed by atoms with Crippen LogP contribution in [0.4, 0.5) is 0 Å². The maximum atomic E-state index is 9.25. The molecule has 0 fully saturated rings. The van der Waals surface area contributed by atoms with Crippen LogP contribution in [0.3, 0.4) is 0 Å². The molecule has 0 aromatic rings. The van der Waals surface area contributed by atoms with Crippen LogP contribution in [0.2, 0.25) is 0 Å². The molecule has 0 aromatic heterocycles. The first-order chi connectivity index (χ1) is 11.1. The summed E-state index contributed by atoms with van der Waals surface area (Å²) in [7, 11) is -11.4. The average molecular weight is 531 g/mol. The van der Waals surface area contributed by atoms with Crippen molar-refractivity contribution in [3.8, 4) is 0 Å². The smallest absolute Gasteiger partial charge is 0.566 e. The van der Waals surface area contributed by atoms with E-state index in [1.54, 1.807) is 0 Å². The molecule has 0 saturated heterocycles. The molecule has 21 heteroatoms. The molecule has 0 radical (unpaired) electrons. The van der Waals surface area contributed by atoms with E-state index in [0.29, 0.717) is 0 Å². The van der Waals surface area contributed by atoms with Gasteiger partial charge in [0.05, 0.1) is 0 Å². The quantitative estimate of drug-likeness (QED) is 0.171. The molecule has 0 rings (SSSR count). The van der Waals surface area contributed by atoms with Gasteiger partial charge >= 0.3 is 59.2 Å². The van der Waals surface area contributed by atoms with Crippen LogP contribution in [0.25, 0.3) is 0 Å². The Morgan fingerprint density at radius 2 is 0.640 bits per heavy atom. The van der Waals surface area contributed by atoms with Crippen molar-refractivity contribution in [1.29, 1.82) is 0 Å².